The fraction of sp³-hybridized carbons (Fsp3) is 0.625. The maximum atomic E-state index is 12.6. The number of hydrogen-bond donors (Lipinski definition) is 3. The number of phosphoric acid groups is 1. The molecule has 0 radical (unpaired) electrons. The summed E-state index contributed by atoms with van der Waals surface area (Å²) in [5.41, 5.74) is 5.35. The van der Waals surface area contributed by atoms with Crippen molar-refractivity contribution in [1.82, 2.24) is 0 Å². The second-order valence-electron chi connectivity index (χ2n) is 14.4. The monoisotopic (exact) mass is 846 g/mol. The number of allylic oxidation sites excluding steroid dienone is 16. The normalized spacial score (nSPS) is 14.8. The highest BCUT2D eigenvalue weighted by Crippen LogP contribution is 2.43. The number of hydrogen-bond acceptors (Lipinski definition) is 8. The standard InChI is InChI=1S/C48H80NO9P/c1-3-5-7-9-11-13-15-17-19-20-21-22-23-24-25-27-29-31-33-35-37-39-41-55-42-45(43-56-59(53,54)57-44-46(49)48(51)52)58-47(50)40-38-36-34-32-30-28-26-18-16-14-12-10-8-6-4-2/h5-8,11-14,17-19,21-22,24-26,45-46H,3-4,9-10,15-16,20,23,27-44,49H2,1-2H3,(H,51,52)(H,53,54)/b7-5-,8-6-,13-11-,14-12-,19-17-,22-21-,25-24-,26-18-. The van der Waals surface area contributed by atoms with Gasteiger partial charge in [0.25, 0.3) is 0 Å². The first-order chi connectivity index (χ1) is 28.7. The number of esters is 1. The van der Waals surface area contributed by atoms with Crippen molar-refractivity contribution in [3.8, 4) is 0 Å². The lowest BCUT2D eigenvalue weighted by Crippen LogP contribution is -2.34. The smallest absolute Gasteiger partial charge is 0.472 e. The molecule has 4 N–H and O–H groups in total. The molecule has 59 heavy (non-hydrogen) atoms. The molecule has 0 amide bonds. The summed E-state index contributed by atoms with van der Waals surface area (Å²) in [7, 11) is -4.63. The van der Waals surface area contributed by atoms with E-state index in [1.165, 1.54) is 12.8 Å². The zero-order chi connectivity index (χ0) is 43.3. The Kier molecular flexibility index (Phi) is 40.7. The van der Waals surface area contributed by atoms with Crippen LogP contribution < -0.4 is 5.73 Å². The maximum absolute atomic E-state index is 12.6. The van der Waals surface area contributed by atoms with Crippen LogP contribution in [0.1, 0.15) is 155 Å². The summed E-state index contributed by atoms with van der Waals surface area (Å²) in [6.07, 6.45) is 56.0. The summed E-state index contributed by atoms with van der Waals surface area (Å²) in [6.45, 7) is 3.57. The Labute approximate surface area is 358 Å². The van der Waals surface area contributed by atoms with Crippen molar-refractivity contribution in [3.63, 3.8) is 0 Å². The predicted octanol–water partition coefficient (Wildman–Crippen LogP) is 12.5. The van der Waals surface area contributed by atoms with Gasteiger partial charge in [-0.3, -0.25) is 18.6 Å². The molecule has 336 valence electrons. The molecule has 10 nitrogen and oxygen atoms in total. The topological polar surface area (TPSA) is 155 Å². The van der Waals surface area contributed by atoms with E-state index in [-0.39, 0.29) is 13.0 Å². The molecule has 0 bridgehead atoms. The Morgan fingerprint density at radius 2 is 0.932 bits per heavy atom. The summed E-state index contributed by atoms with van der Waals surface area (Å²) in [5.74, 6) is -1.81. The SMILES string of the molecule is CC/C=C\C/C=C\C/C=C\C/C=C\C/C=C\CCCCCCCCOCC(COP(=O)(O)OCC(N)C(=O)O)OC(=O)CCCCCCC/C=C\C/C=C\C/C=C\CC. The first kappa shape index (κ1) is 55.9. The lowest BCUT2D eigenvalue weighted by molar-refractivity contribution is -0.154. The van der Waals surface area contributed by atoms with E-state index in [1.807, 2.05) is 0 Å². The fourth-order valence-electron chi connectivity index (χ4n) is 5.47. The van der Waals surface area contributed by atoms with Crippen molar-refractivity contribution in [1.29, 1.82) is 0 Å². The van der Waals surface area contributed by atoms with E-state index < -0.39 is 45.1 Å². The van der Waals surface area contributed by atoms with Gasteiger partial charge in [-0.05, 0) is 89.9 Å². The molecule has 0 aliphatic heterocycles. The second kappa shape index (κ2) is 43.0. The van der Waals surface area contributed by atoms with Crippen LogP contribution in [0.25, 0.3) is 0 Å². The van der Waals surface area contributed by atoms with Gasteiger partial charge in [0, 0.05) is 13.0 Å². The molecule has 0 saturated heterocycles. The van der Waals surface area contributed by atoms with Crippen molar-refractivity contribution in [2.24, 2.45) is 5.73 Å². The molecule has 0 aromatic rings. The number of carbonyl (C=O) groups excluding carboxylic acids is 1. The van der Waals surface area contributed by atoms with Gasteiger partial charge in [0.2, 0.25) is 0 Å². The largest absolute Gasteiger partial charge is 0.480 e. The first-order valence-corrected chi connectivity index (χ1v) is 23.8. The zero-order valence-corrected chi connectivity index (χ0v) is 37.4. The van der Waals surface area contributed by atoms with Crippen LogP contribution in [0, 0.1) is 0 Å². The average Bonchev–Trinajstić information content (AvgIpc) is 3.21. The fourth-order valence-corrected chi connectivity index (χ4v) is 6.24. The van der Waals surface area contributed by atoms with Crippen LogP contribution in [0.3, 0.4) is 0 Å². The summed E-state index contributed by atoms with van der Waals surface area (Å²) >= 11 is 0. The molecule has 0 rings (SSSR count). The van der Waals surface area contributed by atoms with E-state index in [9.17, 15) is 19.0 Å². The second-order valence-corrected chi connectivity index (χ2v) is 15.9. The van der Waals surface area contributed by atoms with Gasteiger partial charge in [0.15, 0.2) is 0 Å². The van der Waals surface area contributed by atoms with Crippen LogP contribution in [0.4, 0.5) is 0 Å². The van der Waals surface area contributed by atoms with Crippen LogP contribution in [-0.4, -0.2) is 60.5 Å². The van der Waals surface area contributed by atoms with Crippen molar-refractivity contribution in [2.45, 2.75) is 167 Å². The first-order valence-electron chi connectivity index (χ1n) is 22.3. The highest BCUT2D eigenvalue weighted by Gasteiger charge is 2.27. The maximum Gasteiger partial charge on any atom is 0.472 e. The minimum absolute atomic E-state index is 0.00710. The lowest BCUT2D eigenvalue weighted by Gasteiger charge is -2.20. The van der Waals surface area contributed by atoms with Gasteiger partial charge in [-0.15, -0.1) is 0 Å². The third kappa shape index (κ3) is 42.8. The molecule has 0 aliphatic rings. The molecule has 3 atom stereocenters. The number of carboxylic acids is 1. The number of carboxylic acid groups (broad SMARTS) is 1. The minimum atomic E-state index is -4.63. The summed E-state index contributed by atoms with van der Waals surface area (Å²) in [6, 6.07) is -1.48. The van der Waals surface area contributed by atoms with E-state index >= 15 is 0 Å². The molecule has 0 heterocycles. The quantitative estimate of drug-likeness (QED) is 0.0234. The van der Waals surface area contributed by atoms with Crippen molar-refractivity contribution < 1.29 is 42.7 Å². The number of nitrogens with two attached hydrogens (primary N) is 1. The minimum Gasteiger partial charge on any atom is -0.480 e. The van der Waals surface area contributed by atoms with Gasteiger partial charge in [0.05, 0.1) is 19.8 Å². The van der Waals surface area contributed by atoms with Crippen molar-refractivity contribution >= 4 is 19.8 Å². The van der Waals surface area contributed by atoms with Crippen LogP contribution >= 0.6 is 7.82 Å². The third-order valence-corrected chi connectivity index (χ3v) is 9.81. The molecule has 0 aromatic heterocycles. The number of unbranched alkanes of at least 4 members (excludes halogenated alkanes) is 11. The van der Waals surface area contributed by atoms with Crippen LogP contribution in [0.15, 0.2) is 97.2 Å². The molecule has 0 spiro atoms. The average molecular weight is 846 g/mol. The number of rotatable bonds is 41. The summed E-state index contributed by atoms with van der Waals surface area (Å²) < 4.78 is 33.3. The van der Waals surface area contributed by atoms with Crippen LogP contribution in [0.2, 0.25) is 0 Å². The molecule has 11 heteroatoms. The summed E-state index contributed by atoms with van der Waals surface area (Å²) in [5, 5.41) is 8.90. The van der Waals surface area contributed by atoms with Crippen LogP contribution in [0.5, 0.6) is 0 Å². The van der Waals surface area contributed by atoms with Gasteiger partial charge in [-0.25, -0.2) is 4.57 Å². The summed E-state index contributed by atoms with van der Waals surface area (Å²) in [4.78, 5) is 33.6. The Morgan fingerprint density at radius 3 is 1.39 bits per heavy atom. The molecular formula is C48H80NO9P. The third-order valence-electron chi connectivity index (χ3n) is 8.86. The molecule has 0 fully saturated rings. The van der Waals surface area contributed by atoms with Gasteiger partial charge >= 0.3 is 19.8 Å². The number of aliphatic carboxylic acids is 1. The van der Waals surface area contributed by atoms with Gasteiger partial charge < -0.3 is 25.2 Å². The molecule has 0 aliphatic carbocycles. The highest BCUT2D eigenvalue weighted by atomic mass is 31.2. The molecular weight excluding hydrogens is 765 g/mol. The van der Waals surface area contributed by atoms with E-state index in [2.05, 4.69) is 111 Å². The van der Waals surface area contributed by atoms with Crippen molar-refractivity contribution in [3.05, 3.63) is 97.2 Å². The Balaban J connectivity index is 4.29. The predicted molar refractivity (Wildman–Crippen MR) is 244 cm³/mol. The number of phosphoric ester groups is 1. The van der Waals surface area contributed by atoms with Crippen LogP contribution in [-0.2, 0) is 32.7 Å². The van der Waals surface area contributed by atoms with Gasteiger partial charge in [-0.1, -0.05) is 156 Å². The molecule has 0 aromatic carbocycles. The lowest BCUT2D eigenvalue weighted by atomic mass is 10.1. The Hall–Kier alpha value is -3.11. The molecule has 3 unspecified atom stereocenters. The molecule has 0 saturated carbocycles. The van der Waals surface area contributed by atoms with Crippen molar-refractivity contribution in [2.75, 3.05) is 26.4 Å². The van der Waals surface area contributed by atoms with E-state index in [1.54, 1.807) is 0 Å². The number of ether oxygens (including phenoxy) is 2. The highest BCUT2D eigenvalue weighted by molar-refractivity contribution is 7.47. The van der Waals surface area contributed by atoms with Gasteiger partial charge in [-0.2, -0.15) is 0 Å². The number of carbonyl (C=O) groups is 2. The zero-order valence-electron chi connectivity index (χ0n) is 36.6. The van der Waals surface area contributed by atoms with E-state index in [0.29, 0.717) is 13.0 Å². The van der Waals surface area contributed by atoms with E-state index in [0.717, 1.165) is 116 Å². The Morgan fingerprint density at radius 1 is 0.542 bits per heavy atom. The van der Waals surface area contributed by atoms with Gasteiger partial charge in [0.1, 0.15) is 12.1 Å². The Bertz CT molecular complexity index is 1300. The van der Waals surface area contributed by atoms with E-state index in [4.69, 9.17) is 29.4 Å².